The zero-order valence-electron chi connectivity index (χ0n) is 23.6. The third-order valence-electron chi connectivity index (χ3n) is 6.47. The number of carbonyl (C=O) groups is 2. The molecule has 0 aliphatic heterocycles. The summed E-state index contributed by atoms with van der Waals surface area (Å²) in [5, 5.41) is 2.62. The van der Waals surface area contributed by atoms with Crippen LogP contribution in [-0.2, 0) is 26.2 Å². The van der Waals surface area contributed by atoms with E-state index in [1.165, 1.54) is 24.1 Å². The lowest BCUT2D eigenvalue weighted by atomic mass is 10.1. The van der Waals surface area contributed by atoms with E-state index < -0.39 is 28.5 Å². The molecule has 0 radical (unpaired) electrons. The smallest absolute Gasteiger partial charge is 0.264 e. The molecular weight excluding hydrogens is 530 g/mol. The quantitative estimate of drug-likeness (QED) is 0.333. The van der Waals surface area contributed by atoms with Crippen LogP contribution >= 0.6 is 0 Å². The van der Waals surface area contributed by atoms with Gasteiger partial charge in [0.25, 0.3) is 10.0 Å². The first-order chi connectivity index (χ1) is 19.1. The number of nitrogens with zero attached hydrogens (tertiary/aromatic N) is 2. The van der Waals surface area contributed by atoms with Crippen LogP contribution in [0.3, 0.4) is 0 Å². The van der Waals surface area contributed by atoms with Gasteiger partial charge in [0.05, 0.1) is 24.3 Å². The fourth-order valence-corrected chi connectivity index (χ4v) is 5.67. The largest absolute Gasteiger partial charge is 0.497 e. The number of anilines is 1. The van der Waals surface area contributed by atoms with Gasteiger partial charge in [0.15, 0.2) is 0 Å². The van der Waals surface area contributed by atoms with Gasteiger partial charge in [-0.3, -0.25) is 13.9 Å². The molecule has 0 spiro atoms. The van der Waals surface area contributed by atoms with E-state index in [2.05, 4.69) is 5.32 Å². The molecule has 0 unspecified atom stereocenters. The zero-order valence-corrected chi connectivity index (χ0v) is 24.4. The molecule has 3 aromatic carbocycles. The number of sulfonamides is 1. The van der Waals surface area contributed by atoms with Crippen LogP contribution < -0.4 is 19.1 Å². The van der Waals surface area contributed by atoms with E-state index in [1.54, 1.807) is 55.6 Å². The van der Waals surface area contributed by atoms with Crippen LogP contribution in [0.1, 0.15) is 31.4 Å². The van der Waals surface area contributed by atoms with Gasteiger partial charge in [-0.05, 0) is 74.4 Å². The van der Waals surface area contributed by atoms with E-state index >= 15 is 0 Å². The number of hydrogen-bond acceptors (Lipinski definition) is 6. The number of amides is 2. The molecule has 2 amide bonds. The van der Waals surface area contributed by atoms with Crippen LogP contribution in [-0.4, -0.2) is 58.5 Å². The molecule has 0 heterocycles. The number of benzene rings is 3. The number of hydrogen-bond donors (Lipinski definition) is 1. The lowest BCUT2D eigenvalue weighted by Gasteiger charge is -2.33. The first-order valence-electron chi connectivity index (χ1n) is 13.1. The van der Waals surface area contributed by atoms with Gasteiger partial charge in [-0.1, -0.05) is 36.8 Å². The second-order valence-corrected chi connectivity index (χ2v) is 11.0. The van der Waals surface area contributed by atoms with E-state index in [0.29, 0.717) is 30.2 Å². The van der Waals surface area contributed by atoms with E-state index in [1.807, 2.05) is 32.9 Å². The van der Waals surface area contributed by atoms with Gasteiger partial charge >= 0.3 is 0 Å². The van der Waals surface area contributed by atoms with Crippen LogP contribution in [0.4, 0.5) is 5.69 Å². The highest BCUT2D eigenvalue weighted by Crippen LogP contribution is 2.27. The molecule has 9 nitrogen and oxygen atoms in total. The first-order valence-corrected chi connectivity index (χ1v) is 14.5. The highest BCUT2D eigenvalue weighted by Gasteiger charge is 2.33. The Morgan fingerprint density at radius 2 is 1.50 bits per heavy atom. The van der Waals surface area contributed by atoms with Crippen molar-refractivity contribution in [2.75, 3.05) is 31.6 Å². The molecular formula is C30H37N3O6S. The Labute approximate surface area is 236 Å². The molecule has 40 heavy (non-hydrogen) atoms. The minimum absolute atomic E-state index is 0.0554. The maximum atomic E-state index is 14.0. The van der Waals surface area contributed by atoms with E-state index in [9.17, 15) is 18.0 Å². The Kier molecular flexibility index (Phi) is 10.6. The van der Waals surface area contributed by atoms with Crippen molar-refractivity contribution < 1.29 is 27.5 Å². The van der Waals surface area contributed by atoms with Crippen LogP contribution in [0, 0.1) is 6.92 Å². The topological polar surface area (TPSA) is 105 Å². The zero-order chi connectivity index (χ0) is 29.3. The monoisotopic (exact) mass is 567 g/mol. The molecule has 10 heteroatoms. The molecule has 214 valence electrons. The molecule has 0 fully saturated rings. The van der Waals surface area contributed by atoms with Crippen molar-refractivity contribution in [1.29, 1.82) is 0 Å². The summed E-state index contributed by atoms with van der Waals surface area (Å²) < 4.78 is 39.6. The molecule has 0 saturated heterocycles. The molecule has 0 aliphatic rings. The Balaban J connectivity index is 2.04. The van der Waals surface area contributed by atoms with Gasteiger partial charge < -0.3 is 19.7 Å². The third-order valence-corrected chi connectivity index (χ3v) is 8.26. The number of methoxy groups -OCH3 is 1. The number of carbonyl (C=O) groups excluding carboxylic acids is 2. The normalized spacial score (nSPS) is 11.8. The van der Waals surface area contributed by atoms with Gasteiger partial charge in [-0.15, -0.1) is 0 Å². The Bertz CT molecular complexity index is 1370. The molecule has 0 bridgehead atoms. The minimum atomic E-state index is -4.14. The van der Waals surface area contributed by atoms with Gasteiger partial charge in [-0.2, -0.15) is 0 Å². The van der Waals surface area contributed by atoms with Crippen molar-refractivity contribution in [1.82, 2.24) is 10.2 Å². The lowest BCUT2D eigenvalue weighted by Crippen LogP contribution is -2.51. The molecule has 1 N–H and O–H groups in total. The second kappa shape index (κ2) is 13.8. The lowest BCUT2D eigenvalue weighted by molar-refractivity contribution is -0.140. The number of nitrogens with one attached hydrogen (secondary N) is 1. The van der Waals surface area contributed by atoms with Gasteiger partial charge in [0, 0.05) is 13.6 Å². The predicted molar refractivity (Wildman–Crippen MR) is 155 cm³/mol. The Morgan fingerprint density at radius 1 is 0.900 bits per heavy atom. The van der Waals surface area contributed by atoms with Crippen LogP contribution in [0.5, 0.6) is 11.5 Å². The summed E-state index contributed by atoms with van der Waals surface area (Å²) in [6, 6.07) is 19.3. The fraction of sp³-hybridized carbons (Fsp3) is 0.333. The fourth-order valence-electron chi connectivity index (χ4n) is 4.26. The minimum Gasteiger partial charge on any atom is -0.497 e. The van der Waals surface area contributed by atoms with E-state index in [-0.39, 0.29) is 17.3 Å². The molecule has 0 aromatic heterocycles. The summed E-state index contributed by atoms with van der Waals surface area (Å²) in [5.74, 6) is 0.386. The van der Waals surface area contributed by atoms with Crippen molar-refractivity contribution in [3.8, 4) is 11.5 Å². The average molecular weight is 568 g/mol. The summed E-state index contributed by atoms with van der Waals surface area (Å²) in [6.45, 7) is 5.59. The third kappa shape index (κ3) is 7.32. The average Bonchev–Trinajstić information content (AvgIpc) is 2.96. The van der Waals surface area contributed by atoms with Crippen molar-refractivity contribution in [3.63, 3.8) is 0 Å². The highest BCUT2D eigenvalue weighted by atomic mass is 32.2. The maximum absolute atomic E-state index is 14.0. The standard InChI is InChI=1S/C30H37N3O6S/c1-6-28(30(35)31-4)32(20-23-10-14-25(38-5)15-11-23)29(34)21-33(24-12-16-26(17-13-24)39-7-2)40(36,37)27-18-8-22(3)9-19-27/h8-19,28H,6-7,20-21H2,1-5H3,(H,31,35)/t28-/m1/s1. The Hall–Kier alpha value is -4.05. The summed E-state index contributed by atoms with van der Waals surface area (Å²) in [4.78, 5) is 28.3. The molecule has 3 rings (SSSR count). The summed E-state index contributed by atoms with van der Waals surface area (Å²) in [7, 11) is -1.06. The van der Waals surface area contributed by atoms with Gasteiger partial charge in [0.1, 0.15) is 24.1 Å². The van der Waals surface area contributed by atoms with Crippen molar-refractivity contribution in [2.24, 2.45) is 0 Å². The first kappa shape index (κ1) is 30.5. The number of likely N-dealkylation sites (N-methyl/N-ethyl adjacent to an activating group) is 1. The highest BCUT2D eigenvalue weighted by molar-refractivity contribution is 7.92. The molecule has 0 saturated carbocycles. The molecule has 1 atom stereocenters. The molecule has 3 aromatic rings. The SMILES string of the molecule is CCOc1ccc(N(CC(=O)N(Cc2ccc(OC)cc2)[C@H](CC)C(=O)NC)S(=O)(=O)c2ccc(C)cc2)cc1. The number of ether oxygens (including phenoxy) is 2. The predicted octanol–water partition coefficient (Wildman–Crippen LogP) is 4.15. The van der Waals surface area contributed by atoms with Crippen molar-refractivity contribution in [2.45, 2.75) is 44.7 Å². The van der Waals surface area contributed by atoms with Crippen molar-refractivity contribution >= 4 is 27.5 Å². The summed E-state index contributed by atoms with van der Waals surface area (Å²) >= 11 is 0. The van der Waals surface area contributed by atoms with Gasteiger partial charge in [-0.25, -0.2) is 8.42 Å². The summed E-state index contributed by atoms with van der Waals surface area (Å²) in [6.07, 6.45) is 0.343. The van der Waals surface area contributed by atoms with E-state index in [0.717, 1.165) is 15.4 Å². The number of rotatable bonds is 13. The van der Waals surface area contributed by atoms with Crippen molar-refractivity contribution in [3.05, 3.63) is 83.9 Å². The van der Waals surface area contributed by atoms with Crippen LogP contribution in [0.2, 0.25) is 0 Å². The molecule has 0 aliphatic carbocycles. The van der Waals surface area contributed by atoms with Gasteiger partial charge in [0.2, 0.25) is 11.8 Å². The Morgan fingerprint density at radius 3 is 2.02 bits per heavy atom. The van der Waals surface area contributed by atoms with E-state index in [4.69, 9.17) is 9.47 Å². The van der Waals surface area contributed by atoms with Crippen LogP contribution in [0.15, 0.2) is 77.7 Å². The summed E-state index contributed by atoms with van der Waals surface area (Å²) in [5.41, 5.74) is 1.98. The van der Waals surface area contributed by atoms with Crippen LogP contribution in [0.25, 0.3) is 0 Å². The second-order valence-electron chi connectivity index (χ2n) is 9.16. The number of aryl methyl sites for hydroxylation is 1. The maximum Gasteiger partial charge on any atom is 0.264 e.